The van der Waals surface area contributed by atoms with Gasteiger partial charge >= 0.3 is 0 Å². The molecule has 0 bridgehead atoms. The van der Waals surface area contributed by atoms with Crippen LogP contribution in [0.1, 0.15) is 11.3 Å². The summed E-state index contributed by atoms with van der Waals surface area (Å²) in [6.07, 6.45) is 2.55. The molecule has 14 heavy (non-hydrogen) atoms. The van der Waals surface area contributed by atoms with Crippen LogP contribution in [0.15, 0.2) is 36.5 Å². The quantitative estimate of drug-likeness (QED) is 0.709. The second-order valence-corrected chi connectivity index (χ2v) is 3.25. The maximum atomic E-state index is 12.6. The first-order chi connectivity index (χ1) is 6.75. The average Bonchev–Trinajstić information content (AvgIpc) is 2.56. The summed E-state index contributed by atoms with van der Waals surface area (Å²) in [4.78, 5) is 0. The number of benzene rings is 1. The van der Waals surface area contributed by atoms with Gasteiger partial charge in [-0.3, -0.25) is 4.68 Å². The van der Waals surface area contributed by atoms with Gasteiger partial charge in [0.2, 0.25) is 0 Å². The molecule has 1 aromatic heterocycles. The topological polar surface area (TPSA) is 17.8 Å². The third-order valence-corrected chi connectivity index (χ3v) is 2.22. The Morgan fingerprint density at radius 2 is 1.93 bits per heavy atom. The summed E-state index contributed by atoms with van der Waals surface area (Å²) in [5.41, 5.74) is 2.21. The molecule has 0 N–H and O–H groups in total. The van der Waals surface area contributed by atoms with Gasteiger partial charge < -0.3 is 0 Å². The van der Waals surface area contributed by atoms with Crippen molar-refractivity contribution >= 4 is 0 Å². The van der Waals surface area contributed by atoms with Crippen LogP contribution in [0.3, 0.4) is 0 Å². The van der Waals surface area contributed by atoms with Gasteiger partial charge in [0.15, 0.2) is 0 Å². The lowest BCUT2D eigenvalue weighted by Gasteiger charge is -2.01. The summed E-state index contributed by atoms with van der Waals surface area (Å²) >= 11 is 0. The monoisotopic (exact) mass is 190 g/mol. The zero-order valence-corrected chi connectivity index (χ0v) is 7.94. The van der Waals surface area contributed by atoms with Gasteiger partial charge in [0.1, 0.15) is 5.82 Å². The van der Waals surface area contributed by atoms with Crippen LogP contribution in [0.2, 0.25) is 0 Å². The molecular weight excluding hydrogens is 179 g/mol. The van der Waals surface area contributed by atoms with Crippen molar-refractivity contribution in [2.75, 3.05) is 0 Å². The van der Waals surface area contributed by atoms with Crippen LogP contribution in [-0.2, 0) is 13.5 Å². The van der Waals surface area contributed by atoms with Crippen LogP contribution in [-0.4, -0.2) is 9.78 Å². The molecule has 0 aliphatic heterocycles. The molecular formula is C11H11FN2. The third-order valence-electron chi connectivity index (χ3n) is 2.22. The molecule has 0 spiro atoms. The average molecular weight is 190 g/mol. The molecule has 2 aromatic rings. The van der Waals surface area contributed by atoms with E-state index in [2.05, 4.69) is 5.10 Å². The Kier molecular flexibility index (Phi) is 2.31. The fraction of sp³-hybridized carbons (Fsp3) is 0.182. The van der Waals surface area contributed by atoms with E-state index in [0.717, 1.165) is 17.7 Å². The Balaban J connectivity index is 2.19. The minimum absolute atomic E-state index is 0.196. The van der Waals surface area contributed by atoms with Crippen molar-refractivity contribution in [1.29, 1.82) is 0 Å². The van der Waals surface area contributed by atoms with Crippen LogP contribution in [0.25, 0.3) is 0 Å². The number of hydrogen-bond acceptors (Lipinski definition) is 1. The standard InChI is InChI=1S/C11H11FN2/c1-14-11(6-7-13-14)8-9-2-4-10(12)5-3-9/h2-7H,8H2,1H3. The zero-order valence-electron chi connectivity index (χ0n) is 7.94. The lowest BCUT2D eigenvalue weighted by atomic mass is 10.1. The van der Waals surface area contributed by atoms with E-state index in [1.807, 2.05) is 17.8 Å². The van der Waals surface area contributed by atoms with E-state index in [-0.39, 0.29) is 5.82 Å². The molecule has 72 valence electrons. The highest BCUT2D eigenvalue weighted by atomic mass is 19.1. The zero-order chi connectivity index (χ0) is 9.97. The Bertz CT molecular complexity index is 417. The van der Waals surface area contributed by atoms with E-state index in [0.29, 0.717) is 0 Å². The minimum atomic E-state index is -0.196. The van der Waals surface area contributed by atoms with Gasteiger partial charge in [-0.1, -0.05) is 12.1 Å². The van der Waals surface area contributed by atoms with Gasteiger partial charge in [0.05, 0.1) is 0 Å². The summed E-state index contributed by atoms with van der Waals surface area (Å²) in [5.74, 6) is -0.196. The molecule has 0 unspecified atom stereocenters. The first kappa shape index (κ1) is 8.94. The highest BCUT2D eigenvalue weighted by Gasteiger charge is 2.00. The van der Waals surface area contributed by atoms with Crippen molar-refractivity contribution in [2.45, 2.75) is 6.42 Å². The Morgan fingerprint density at radius 3 is 2.50 bits per heavy atom. The summed E-state index contributed by atoms with van der Waals surface area (Å²) in [6.45, 7) is 0. The van der Waals surface area contributed by atoms with Crippen LogP contribution in [0.4, 0.5) is 4.39 Å². The molecule has 0 aliphatic rings. The van der Waals surface area contributed by atoms with E-state index < -0.39 is 0 Å². The van der Waals surface area contributed by atoms with Gasteiger partial charge in [-0.05, 0) is 23.8 Å². The largest absolute Gasteiger partial charge is 0.272 e. The van der Waals surface area contributed by atoms with E-state index in [9.17, 15) is 4.39 Å². The summed E-state index contributed by atoms with van der Waals surface area (Å²) in [6, 6.07) is 8.51. The maximum Gasteiger partial charge on any atom is 0.123 e. The molecule has 0 aliphatic carbocycles. The second-order valence-electron chi connectivity index (χ2n) is 3.25. The summed E-state index contributed by atoms with van der Waals surface area (Å²) < 4.78 is 14.4. The summed E-state index contributed by atoms with van der Waals surface area (Å²) in [5, 5.41) is 4.07. The Hall–Kier alpha value is -1.64. The van der Waals surface area contributed by atoms with E-state index in [1.54, 1.807) is 18.3 Å². The summed E-state index contributed by atoms with van der Waals surface area (Å²) in [7, 11) is 1.90. The third kappa shape index (κ3) is 1.82. The van der Waals surface area contributed by atoms with Crippen molar-refractivity contribution in [3.05, 3.63) is 53.6 Å². The number of nitrogens with zero attached hydrogens (tertiary/aromatic N) is 2. The van der Waals surface area contributed by atoms with Crippen molar-refractivity contribution in [3.63, 3.8) is 0 Å². The van der Waals surface area contributed by atoms with E-state index in [4.69, 9.17) is 0 Å². The van der Waals surface area contributed by atoms with Crippen molar-refractivity contribution in [2.24, 2.45) is 7.05 Å². The normalized spacial score (nSPS) is 10.4. The molecule has 0 saturated carbocycles. The van der Waals surface area contributed by atoms with Crippen molar-refractivity contribution in [1.82, 2.24) is 9.78 Å². The van der Waals surface area contributed by atoms with E-state index >= 15 is 0 Å². The number of rotatable bonds is 2. The first-order valence-corrected chi connectivity index (χ1v) is 4.47. The maximum absolute atomic E-state index is 12.6. The Morgan fingerprint density at radius 1 is 1.21 bits per heavy atom. The van der Waals surface area contributed by atoms with Gasteiger partial charge in [0.25, 0.3) is 0 Å². The van der Waals surface area contributed by atoms with E-state index in [1.165, 1.54) is 12.1 Å². The number of aryl methyl sites for hydroxylation is 1. The molecule has 0 atom stereocenters. The minimum Gasteiger partial charge on any atom is -0.272 e. The molecule has 2 rings (SSSR count). The SMILES string of the molecule is Cn1nccc1Cc1ccc(F)cc1. The molecule has 2 nitrogen and oxygen atoms in total. The molecule has 3 heteroatoms. The molecule has 0 saturated heterocycles. The van der Waals surface area contributed by atoms with Crippen LogP contribution >= 0.6 is 0 Å². The van der Waals surface area contributed by atoms with Gasteiger partial charge in [-0.2, -0.15) is 5.10 Å². The van der Waals surface area contributed by atoms with Crippen molar-refractivity contribution in [3.8, 4) is 0 Å². The number of hydrogen-bond donors (Lipinski definition) is 0. The van der Waals surface area contributed by atoms with Crippen LogP contribution in [0, 0.1) is 5.82 Å². The highest BCUT2D eigenvalue weighted by Crippen LogP contribution is 2.08. The lowest BCUT2D eigenvalue weighted by Crippen LogP contribution is -1.98. The van der Waals surface area contributed by atoms with Crippen LogP contribution in [0.5, 0.6) is 0 Å². The van der Waals surface area contributed by atoms with Gasteiger partial charge in [-0.15, -0.1) is 0 Å². The first-order valence-electron chi connectivity index (χ1n) is 4.47. The Labute approximate surface area is 82.0 Å². The van der Waals surface area contributed by atoms with Crippen molar-refractivity contribution < 1.29 is 4.39 Å². The fourth-order valence-corrected chi connectivity index (χ4v) is 1.39. The second kappa shape index (κ2) is 3.62. The predicted octanol–water partition coefficient (Wildman–Crippen LogP) is 2.15. The molecule has 1 aromatic carbocycles. The smallest absolute Gasteiger partial charge is 0.123 e. The van der Waals surface area contributed by atoms with Gasteiger partial charge in [0, 0.05) is 25.4 Å². The number of aromatic nitrogens is 2. The van der Waals surface area contributed by atoms with Crippen LogP contribution < -0.4 is 0 Å². The van der Waals surface area contributed by atoms with Gasteiger partial charge in [-0.25, -0.2) is 4.39 Å². The fourth-order valence-electron chi connectivity index (χ4n) is 1.39. The molecule has 0 amide bonds. The highest BCUT2D eigenvalue weighted by molar-refractivity contribution is 5.21. The molecule has 0 fully saturated rings. The number of halogens is 1. The molecule has 1 heterocycles. The predicted molar refractivity (Wildman–Crippen MR) is 52.4 cm³/mol. The lowest BCUT2D eigenvalue weighted by molar-refractivity contribution is 0.627. The molecule has 0 radical (unpaired) electrons.